The first-order valence-electron chi connectivity index (χ1n) is 17.4. The number of aliphatic hydroxyl groups is 3. The molecular weight excluding hydrogens is 749 g/mol. The first-order chi connectivity index (χ1) is 25.5. The fourth-order valence-electron chi connectivity index (χ4n) is 5.28. The Kier molecular flexibility index (Phi) is 19.6. The lowest BCUT2D eigenvalue weighted by Gasteiger charge is -2.22. The molecule has 0 heterocycles. The zero-order valence-corrected chi connectivity index (χ0v) is 33.2. The van der Waals surface area contributed by atoms with Gasteiger partial charge in [-0.3, -0.25) is 13.7 Å². The Balaban J connectivity index is 1.77. The highest BCUT2D eigenvalue weighted by Crippen LogP contribution is 2.49. The molecule has 0 aliphatic carbocycles. The molecule has 3 aromatic carbocycles. The molecule has 17 heteroatoms. The van der Waals surface area contributed by atoms with Crippen LogP contribution < -0.4 is 14.2 Å². The average molecular weight is 801 g/mol. The largest absolute Gasteiger partial charge is 0.491 e. The maximum atomic E-state index is 12.8. The molecule has 0 saturated carbocycles. The van der Waals surface area contributed by atoms with Gasteiger partial charge < -0.3 is 47.6 Å². The Morgan fingerprint density at radius 1 is 0.509 bits per heavy atom. The lowest BCUT2D eigenvalue weighted by atomic mass is 9.85. The van der Waals surface area contributed by atoms with E-state index in [1.807, 2.05) is 36.4 Å². The molecule has 0 amide bonds. The molecule has 0 radical (unpaired) electrons. The van der Waals surface area contributed by atoms with E-state index in [0.717, 1.165) is 16.7 Å². The van der Waals surface area contributed by atoms with Crippen molar-refractivity contribution in [2.24, 2.45) is 0 Å². The van der Waals surface area contributed by atoms with E-state index in [1.54, 1.807) is 64.1 Å². The van der Waals surface area contributed by atoms with Crippen LogP contribution in [0.4, 0.5) is 0 Å². The third kappa shape index (κ3) is 15.5. The van der Waals surface area contributed by atoms with Crippen molar-refractivity contribution in [3.63, 3.8) is 0 Å². The molecule has 3 aromatic rings. The number of hydrogen-bond donors (Lipinski definition) is 3. The van der Waals surface area contributed by atoms with Crippen molar-refractivity contribution in [3.8, 4) is 17.2 Å². The molecule has 3 unspecified atom stereocenters. The summed E-state index contributed by atoms with van der Waals surface area (Å²) in [6, 6.07) is 22.1. The molecule has 3 N–H and O–H groups in total. The second-order valence-corrected chi connectivity index (χ2v) is 16.3. The van der Waals surface area contributed by atoms with Crippen molar-refractivity contribution in [2.45, 2.75) is 51.9 Å². The van der Waals surface area contributed by atoms with Gasteiger partial charge in [-0.1, -0.05) is 36.4 Å². The van der Waals surface area contributed by atoms with Crippen molar-refractivity contribution in [1.82, 2.24) is 0 Å². The van der Waals surface area contributed by atoms with Crippen molar-refractivity contribution < 1.29 is 65.8 Å². The van der Waals surface area contributed by atoms with E-state index in [4.69, 9.17) is 32.3 Å². The van der Waals surface area contributed by atoms with Gasteiger partial charge in [0.15, 0.2) is 0 Å². The van der Waals surface area contributed by atoms with E-state index in [-0.39, 0.29) is 71.1 Å². The van der Waals surface area contributed by atoms with Crippen LogP contribution in [-0.2, 0) is 36.3 Å². The molecule has 294 valence electrons. The summed E-state index contributed by atoms with van der Waals surface area (Å²) in [4.78, 5) is 0. The SMILES string of the molecule is CCOP(=O)(CC(O)COc1ccc(C(c2ccc(OCC(O)COP=O)cc2)c2ccc(OCC(O)CP(=O)(OCC)OCC)cc2)cc1)OCC. The van der Waals surface area contributed by atoms with Crippen molar-refractivity contribution in [1.29, 1.82) is 0 Å². The minimum absolute atomic E-state index is 0.0474. The van der Waals surface area contributed by atoms with Gasteiger partial charge in [0.25, 0.3) is 0 Å². The third-order valence-electron chi connectivity index (χ3n) is 7.46. The Hall–Kier alpha value is -2.70. The molecule has 0 saturated heterocycles. The van der Waals surface area contributed by atoms with E-state index in [0.29, 0.717) is 17.2 Å². The zero-order chi connectivity index (χ0) is 38.7. The Bertz CT molecular complexity index is 1470. The summed E-state index contributed by atoms with van der Waals surface area (Å²) in [6.07, 6.45) is -3.49. The van der Waals surface area contributed by atoms with E-state index in [1.165, 1.54) is 0 Å². The number of ether oxygens (including phenoxy) is 3. The molecule has 0 bridgehead atoms. The topological polar surface area (TPSA) is 186 Å². The molecular formula is C36H51O14P3. The predicted octanol–water partition coefficient (Wildman–Crippen LogP) is 6.84. The molecule has 0 aromatic heterocycles. The van der Waals surface area contributed by atoms with Crippen LogP contribution in [0.1, 0.15) is 50.3 Å². The summed E-state index contributed by atoms with van der Waals surface area (Å²) in [5.41, 5.74) is 2.75. The summed E-state index contributed by atoms with van der Waals surface area (Å²) >= 11 is 0. The maximum Gasteiger partial charge on any atom is 0.333 e. The summed E-state index contributed by atoms with van der Waals surface area (Å²) in [6.45, 7) is 7.18. The fraction of sp³-hybridized carbons (Fsp3) is 0.500. The monoisotopic (exact) mass is 800 g/mol. The number of aliphatic hydroxyl groups excluding tert-OH is 3. The standard InChI is InChI=1S/C36H51O14P3/c1-5-47-52(41,48-6-2)25-31(38)22-44-34-17-11-28(12-18-34)36(27-9-15-33(16-10-27)43-21-30(37)24-46-51-40)29-13-19-35(20-14-29)45-23-32(39)26-53(42,49-7-3)50-8-4/h9-20,30-32,36-39H,5-8,21-26H2,1-4H3. The normalized spacial score (nSPS) is 14.4. The Morgan fingerprint density at radius 3 is 1.09 bits per heavy atom. The maximum absolute atomic E-state index is 12.8. The van der Waals surface area contributed by atoms with Crippen LogP contribution in [0.15, 0.2) is 72.8 Å². The van der Waals surface area contributed by atoms with Gasteiger partial charge in [-0.25, -0.2) is 4.57 Å². The quantitative estimate of drug-likeness (QED) is 0.0537. The lowest BCUT2D eigenvalue weighted by molar-refractivity contribution is 0.0671. The molecule has 14 nitrogen and oxygen atoms in total. The molecule has 3 atom stereocenters. The summed E-state index contributed by atoms with van der Waals surface area (Å²) in [5, 5.41) is 31.0. The van der Waals surface area contributed by atoms with Gasteiger partial charge in [0.1, 0.15) is 43.2 Å². The van der Waals surface area contributed by atoms with Crippen molar-refractivity contribution in [2.75, 3.05) is 65.2 Å². The van der Waals surface area contributed by atoms with Crippen LogP contribution in [0.2, 0.25) is 0 Å². The van der Waals surface area contributed by atoms with Crippen LogP contribution >= 0.6 is 23.9 Å². The van der Waals surface area contributed by atoms with E-state index >= 15 is 0 Å². The van der Waals surface area contributed by atoms with Gasteiger partial charge >= 0.3 is 23.9 Å². The number of benzene rings is 3. The van der Waals surface area contributed by atoms with Gasteiger partial charge in [0.2, 0.25) is 0 Å². The van der Waals surface area contributed by atoms with Gasteiger partial charge in [-0.05, 0) is 80.8 Å². The van der Waals surface area contributed by atoms with Gasteiger partial charge in [-0.2, -0.15) is 0 Å². The van der Waals surface area contributed by atoms with E-state index < -0.39 is 42.2 Å². The summed E-state index contributed by atoms with van der Waals surface area (Å²) in [7, 11) is -7.40. The second kappa shape index (κ2) is 23.3. The molecule has 3 rings (SSSR count). The molecule has 53 heavy (non-hydrogen) atoms. The second-order valence-electron chi connectivity index (χ2n) is 11.7. The molecule has 0 spiro atoms. The smallest absolute Gasteiger partial charge is 0.333 e. The lowest BCUT2D eigenvalue weighted by Crippen LogP contribution is -2.23. The highest BCUT2D eigenvalue weighted by molar-refractivity contribution is 7.54. The van der Waals surface area contributed by atoms with Crippen LogP contribution in [-0.4, -0.2) is 98.8 Å². The Labute approximate surface area is 313 Å². The molecule has 0 aliphatic rings. The van der Waals surface area contributed by atoms with Crippen molar-refractivity contribution in [3.05, 3.63) is 89.5 Å². The Morgan fingerprint density at radius 2 is 0.811 bits per heavy atom. The highest BCUT2D eigenvalue weighted by atomic mass is 31.2. The van der Waals surface area contributed by atoms with Crippen LogP contribution in [0.5, 0.6) is 17.2 Å². The third-order valence-corrected chi connectivity index (χ3v) is 12.1. The first-order valence-corrected chi connectivity index (χ1v) is 21.6. The van der Waals surface area contributed by atoms with Crippen LogP contribution in [0.25, 0.3) is 0 Å². The van der Waals surface area contributed by atoms with Gasteiger partial charge in [0.05, 0.1) is 57.6 Å². The average Bonchev–Trinajstić information content (AvgIpc) is 3.13. The van der Waals surface area contributed by atoms with Crippen LogP contribution in [0, 0.1) is 0 Å². The molecule has 0 fully saturated rings. The summed E-state index contributed by atoms with van der Waals surface area (Å²) in [5.74, 6) is 1.26. The number of rotatable bonds is 27. The minimum atomic E-state index is -3.44. The minimum Gasteiger partial charge on any atom is -0.491 e. The van der Waals surface area contributed by atoms with E-state index in [9.17, 15) is 29.0 Å². The fourth-order valence-corrected chi connectivity index (χ4v) is 8.90. The van der Waals surface area contributed by atoms with Gasteiger partial charge in [0, 0.05) is 5.92 Å². The predicted molar refractivity (Wildman–Crippen MR) is 200 cm³/mol. The van der Waals surface area contributed by atoms with E-state index in [2.05, 4.69) is 4.52 Å². The highest BCUT2D eigenvalue weighted by Gasteiger charge is 2.29. The van der Waals surface area contributed by atoms with Crippen molar-refractivity contribution >= 4 is 23.9 Å². The molecule has 0 aliphatic heterocycles. The summed E-state index contributed by atoms with van der Waals surface area (Å²) < 4.78 is 79.2. The zero-order valence-electron chi connectivity index (χ0n) is 30.5. The van der Waals surface area contributed by atoms with Crippen LogP contribution in [0.3, 0.4) is 0 Å². The van der Waals surface area contributed by atoms with Gasteiger partial charge in [-0.15, -0.1) is 0 Å². The number of hydrogen-bond acceptors (Lipinski definition) is 14. The first kappa shape index (κ1) is 44.7.